The number of carbonyl (C=O) groups is 1. The summed E-state index contributed by atoms with van der Waals surface area (Å²) in [5.41, 5.74) is -0.00234. The quantitative estimate of drug-likeness (QED) is 0.806. The van der Waals surface area contributed by atoms with Crippen LogP contribution >= 0.6 is 12.4 Å². The van der Waals surface area contributed by atoms with Crippen molar-refractivity contribution in [1.82, 2.24) is 10.2 Å². The molecule has 1 aliphatic heterocycles. The molecule has 20 heavy (non-hydrogen) atoms. The lowest BCUT2D eigenvalue weighted by molar-refractivity contribution is -0.164. The van der Waals surface area contributed by atoms with Crippen LogP contribution in [0.4, 0.5) is 0 Å². The van der Waals surface area contributed by atoms with E-state index in [-0.39, 0.29) is 41.9 Å². The standard InChI is InChI=1S/C14H26N2O3.ClH/c1-5-19-12-7-11(14(12,2)3)16(4)13(18)10-6-9(17)8-15-10;/h9-12,15,17H,5-8H2,1-4H3;1H. The first-order valence-corrected chi connectivity index (χ1v) is 7.17. The summed E-state index contributed by atoms with van der Waals surface area (Å²) in [6, 6.07) is -0.0157. The van der Waals surface area contributed by atoms with Crippen LogP contribution in [-0.2, 0) is 9.53 Å². The molecule has 0 aromatic heterocycles. The molecule has 2 fully saturated rings. The van der Waals surface area contributed by atoms with Gasteiger partial charge in [-0.1, -0.05) is 13.8 Å². The zero-order valence-electron chi connectivity index (χ0n) is 12.8. The Morgan fingerprint density at radius 2 is 2.10 bits per heavy atom. The molecule has 1 saturated carbocycles. The second kappa shape index (κ2) is 6.60. The number of rotatable bonds is 4. The number of ether oxygens (including phenoxy) is 1. The van der Waals surface area contributed by atoms with E-state index in [1.807, 2.05) is 18.9 Å². The van der Waals surface area contributed by atoms with Crippen molar-refractivity contribution in [1.29, 1.82) is 0 Å². The van der Waals surface area contributed by atoms with E-state index in [1.165, 1.54) is 0 Å². The second-order valence-corrected chi connectivity index (χ2v) is 6.32. The largest absolute Gasteiger partial charge is 0.392 e. The number of hydrogen-bond acceptors (Lipinski definition) is 4. The minimum Gasteiger partial charge on any atom is -0.392 e. The molecule has 1 amide bonds. The molecule has 4 unspecified atom stereocenters. The zero-order valence-corrected chi connectivity index (χ0v) is 13.6. The molecule has 0 aromatic carbocycles. The minimum atomic E-state index is -0.395. The van der Waals surface area contributed by atoms with Gasteiger partial charge in [0.15, 0.2) is 0 Å². The van der Waals surface area contributed by atoms with Gasteiger partial charge >= 0.3 is 0 Å². The van der Waals surface area contributed by atoms with Crippen LogP contribution in [0.25, 0.3) is 0 Å². The molecule has 0 spiro atoms. The Labute approximate surface area is 127 Å². The summed E-state index contributed by atoms with van der Waals surface area (Å²) in [6.45, 7) is 7.54. The first-order chi connectivity index (χ1) is 8.87. The molecule has 1 saturated heterocycles. The number of carbonyl (C=O) groups excluding carboxylic acids is 1. The fraction of sp³-hybridized carbons (Fsp3) is 0.929. The molecule has 6 heteroatoms. The number of amides is 1. The van der Waals surface area contributed by atoms with Crippen LogP contribution in [0.15, 0.2) is 0 Å². The van der Waals surface area contributed by atoms with Gasteiger partial charge in [-0.25, -0.2) is 0 Å². The van der Waals surface area contributed by atoms with Gasteiger partial charge in [0.05, 0.1) is 18.2 Å². The van der Waals surface area contributed by atoms with Gasteiger partial charge in [0.25, 0.3) is 0 Å². The molecule has 1 heterocycles. The van der Waals surface area contributed by atoms with Gasteiger partial charge in [0.1, 0.15) is 0 Å². The fourth-order valence-electron chi connectivity index (χ4n) is 3.31. The van der Waals surface area contributed by atoms with Crippen molar-refractivity contribution >= 4 is 18.3 Å². The van der Waals surface area contributed by atoms with E-state index in [2.05, 4.69) is 19.2 Å². The third-order valence-electron chi connectivity index (χ3n) is 4.71. The van der Waals surface area contributed by atoms with E-state index in [0.717, 1.165) is 13.0 Å². The normalized spacial score (nSPS) is 35.0. The van der Waals surface area contributed by atoms with E-state index in [0.29, 0.717) is 13.0 Å². The average Bonchev–Trinajstić information content (AvgIpc) is 2.79. The topological polar surface area (TPSA) is 61.8 Å². The number of β-amino-alcohol motifs (C(OH)–C–C–N with tert-alkyl or cyclic N) is 1. The number of hydrogen-bond donors (Lipinski definition) is 2. The van der Waals surface area contributed by atoms with Crippen molar-refractivity contribution in [3.05, 3.63) is 0 Å². The van der Waals surface area contributed by atoms with E-state index in [9.17, 15) is 9.90 Å². The SMILES string of the molecule is CCOC1CC(N(C)C(=O)C2CC(O)CN2)C1(C)C.Cl. The van der Waals surface area contributed by atoms with Crippen LogP contribution in [-0.4, -0.2) is 60.4 Å². The maximum absolute atomic E-state index is 12.4. The summed E-state index contributed by atoms with van der Waals surface area (Å²) in [6.07, 6.45) is 1.26. The number of likely N-dealkylation sites (N-methyl/N-ethyl adjacent to an activating group) is 1. The molecular weight excluding hydrogens is 280 g/mol. The zero-order chi connectivity index (χ0) is 14.2. The Balaban J connectivity index is 0.00000200. The molecule has 2 rings (SSSR count). The Morgan fingerprint density at radius 1 is 1.45 bits per heavy atom. The maximum Gasteiger partial charge on any atom is 0.239 e. The van der Waals surface area contributed by atoms with Crippen LogP contribution in [0.1, 0.15) is 33.6 Å². The number of aliphatic hydroxyl groups is 1. The highest BCUT2D eigenvalue weighted by molar-refractivity contribution is 5.85. The van der Waals surface area contributed by atoms with Crippen molar-refractivity contribution < 1.29 is 14.6 Å². The van der Waals surface area contributed by atoms with E-state index < -0.39 is 6.10 Å². The van der Waals surface area contributed by atoms with Crippen LogP contribution < -0.4 is 5.32 Å². The summed E-state index contributed by atoms with van der Waals surface area (Å²) < 4.78 is 5.70. The van der Waals surface area contributed by atoms with Crippen molar-refractivity contribution in [2.24, 2.45) is 5.41 Å². The van der Waals surface area contributed by atoms with Gasteiger partial charge in [-0.3, -0.25) is 4.79 Å². The molecule has 2 N–H and O–H groups in total. The Hall–Kier alpha value is -0.360. The van der Waals surface area contributed by atoms with Gasteiger partial charge < -0.3 is 20.1 Å². The summed E-state index contributed by atoms with van der Waals surface area (Å²) in [4.78, 5) is 14.2. The third kappa shape index (κ3) is 3.11. The number of halogens is 1. The molecule has 2 aliphatic rings. The minimum absolute atomic E-state index is 0. The Bertz CT molecular complexity index is 351. The highest BCUT2D eigenvalue weighted by Crippen LogP contribution is 2.45. The molecule has 5 nitrogen and oxygen atoms in total. The number of aliphatic hydroxyl groups excluding tert-OH is 1. The molecule has 1 aliphatic carbocycles. The van der Waals surface area contributed by atoms with E-state index in [4.69, 9.17) is 4.74 Å². The van der Waals surface area contributed by atoms with Gasteiger partial charge in [-0.15, -0.1) is 12.4 Å². The lowest BCUT2D eigenvalue weighted by atomic mass is 9.63. The predicted octanol–water partition coefficient (Wildman–Crippen LogP) is 0.793. The maximum atomic E-state index is 12.4. The monoisotopic (exact) mass is 306 g/mol. The summed E-state index contributed by atoms with van der Waals surface area (Å²) in [5, 5.41) is 12.6. The number of nitrogens with one attached hydrogen (secondary N) is 1. The van der Waals surface area contributed by atoms with Gasteiger partial charge in [0.2, 0.25) is 5.91 Å². The van der Waals surface area contributed by atoms with Gasteiger partial charge in [-0.05, 0) is 19.8 Å². The Kier molecular flexibility index (Phi) is 5.84. The average molecular weight is 307 g/mol. The van der Waals surface area contributed by atoms with Crippen LogP contribution in [0.3, 0.4) is 0 Å². The first-order valence-electron chi connectivity index (χ1n) is 7.17. The lowest BCUT2D eigenvalue weighted by Gasteiger charge is -2.55. The second-order valence-electron chi connectivity index (χ2n) is 6.32. The van der Waals surface area contributed by atoms with Crippen molar-refractivity contribution in [3.63, 3.8) is 0 Å². The third-order valence-corrected chi connectivity index (χ3v) is 4.71. The predicted molar refractivity (Wildman–Crippen MR) is 80.0 cm³/mol. The van der Waals surface area contributed by atoms with Crippen molar-refractivity contribution in [3.8, 4) is 0 Å². The summed E-state index contributed by atoms with van der Waals surface area (Å²) in [7, 11) is 1.86. The van der Waals surface area contributed by atoms with E-state index >= 15 is 0 Å². The molecule has 0 radical (unpaired) electrons. The van der Waals surface area contributed by atoms with Crippen LogP contribution in [0.5, 0.6) is 0 Å². The van der Waals surface area contributed by atoms with Crippen LogP contribution in [0.2, 0.25) is 0 Å². The molecular formula is C14H27ClN2O3. The lowest BCUT2D eigenvalue weighted by Crippen LogP contribution is -2.63. The van der Waals surface area contributed by atoms with Gasteiger partial charge in [-0.2, -0.15) is 0 Å². The summed E-state index contributed by atoms with van der Waals surface area (Å²) >= 11 is 0. The smallest absolute Gasteiger partial charge is 0.239 e. The van der Waals surface area contributed by atoms with Gasteiger partial charge in [0, 0.05) is 31.7 Å². The first kappa shape index (κ1) is 17.7. The molecule has 0 aromatic rings. The highest BCUT2D eigenvalue weighted by Gasteiger charge is 2.52. The number of nitrogens with zero attached hydrogens (tertiary/aromatic N) is 1. The van der Waals surface area contributed by atoms with Crippen molar-refractivity contribution in [2.75, 3.05) is 20.2 Å². The molecule has 4 atom stereocenters. The Morgan fingerprint density at radius 3 is 2.55 bits per heavy atom. The van der Waals surface area contributed by atoms with Crippen molar-refractivity contribution in [2.45, 2.75) is 57.9 Å². The molecule has 118 valence electrons. The van der Waals surface area contributed by atoms with Crippen LogP contribution in [0, 0.1) is 5.41 Å². The highest BCUT2D eigenvalue weighted by atomic mass is 35.5. The summed E-state index contributed by atoms with van der Waals surface area (Å²) in [5.74, 6) is 0.0876. The molecule has 0 bridgehead atoms. The van der Waals surface area contributed by atoms with E-state index in [1.54, 1.807) is 0 Å². The fourth-order valence-corrected chi connectivity index (χ4v) is 3.31.